The van der Waals surface area contributed by atoms with Gasteiger partial charge in [0.2, 0.25) is 11.6 Å². The van der Waals surface area contributed by atoms with E-state index in [9.17, 15) is 19.5 Å². The summed E-state index contributed by atoms with van der Waals surface area (Å²) < 4.78 is 13.3. The molecule has 0 amide bonds. The van der Waals surface area contributed by atoms with E-state index in [1.165, 1.54) is 0 Å². The van der Waals surface area contributed by atoms with Crippen LogP contribution in [0.5, 0.6) is 5.75 Å². The van der Waals surface area contributed by atoms with E-state index in [2.05, 4.69) is 18.7 Å². The summed E-state index contributed by atoms with van der Waals surface area (Å²) in [5.74, 6) is -1.73. The molecule has 1 aromatic rings. The van der Waals surface area contributed by atoms with E-state index >= 15 is 0 Å². The van der Waals surface area contributed by atoms with Gasteiger partial charge in [0.05, 0.1) is 18.1 Å². The number of ketones is 2. The monoisotopic (exact) mass is 493 g/mol. The third-order valence-corrected chi connectivity index (χ3v) is 11.4. The zero-order valence-corrected chi connectivity index (χ0v) is 21.8. The van der Waals surface area contributed by atoms with Gasteiger partial charge in [-0.25, -0.2) is 4.90 Å². The highest BCUT2D eigenvalue weighted by molar-refractivity contribution is 6.46. The highest BCUT2D eigenvalue weighted by atomic mass is 16.6. The smallest absolute Gasteiger partial charge is 0.308 e. The number of carbonyl (C=O) groups is 3. The summed E-state index contributed by atoms with van der Waals surface area (Å²) in [4.78, 5) is 43.3. The Labute approximate surface area is 211 Å². The highest BCUT2D eigenvalue weighted by Crippen LogP contribution is 2.76. The summed E-state index contributed by atoms with van der Waals surface area (Å²) in [7, 11) is 0. The molecule has 7 rings (SSSR count). The minimum Gasteiger partial charge on any atom is -0.507 e. The molecule has 36 heavy (non-hydrogen) atoms. The number of rotatable bonds is 0. The number of aryl methyl sites for hydroxylation is 1. The molecule has 0 unspecified atom stereocenters. The molecule has 7 heteroatoms. The number of phenols is 1. The van der Waals surface area contributed by atoms with Crippen LogP contribution in [0.4, 0.5) is 0 Å². The molecule has 0 aromatic heterocycles. The topological polar surface area (TPSA) is 93.1 Å². The number of ether oxygens (including phenoxy) is 2. The van der Waals surface area contributed by atoms with Crippen molar-refractivity contribution in [3.05, 3.63) is 28.8 Å². The van der Waals surface area contributed by atoms with Crippen molar-refractivity contribution in [3.8, 4) is 5.75 Å². The Morgan fingerprint density at radius 1 is 1.11 bits per heavy atom. The molecule has 4 aliphatic heterocycles. The SMILES string of the molecule is Cc1cc(O)c2c(c1)[C@]1(C)C[C@@]34OC(=O)C[C@@](C)([C@H]1C(=O)C2=O)[C@]3(C)CC[C@]12C[C@@H](C)C[C@H](CN14)O2. The van der Waals surface area contributed by atoms with Gasteiger partial charge in [-0.2, -0.15) is 0 Å². The van der Waals surface area contributed by atoms with Crippen molar-refractivity contribution in [3.63, 3.8) is 0 Å². The van der Waals surface area contributed by atoms with Crippen LogP contribution in [-0.2, 0) is 24.5 Å². The average molecular weight is 494 g/mol. The Bertz CT molecular complexity index is 1270. The number of hydrogen-bond donors (Lipinski definition) is 1. The second kappa shape index (κ2) is 6.41. The van der Waals surface area contributed by atoms with Gasteiger partial charge in [0.25, 0.3) is 0 Å². The number of phenolic OH excluding ortho intramolecular Hbond substituents is 1. The number of hydrogen-bond acceptors (Lipinski definition) is 7. The molecule has 5 fully saturated rings. The lowest BCUT2D eigenvalue weighted by molar-refractivity contribution is -0.366. The van der Waals surface area contributed by atoms with E-state index in [4.69, 9.17) is 9.47 Å². The molecule has 1 spiro atoms. The van der Waals surface area contributed by atoms with Crippen LogP contribution in [0.15, 0.2) is 12.1 Å². The van der Waals surface area contributed by atoms with Crippen molar-refractivity contribution in [2.45, 2.75) is 96.1 Å². The number of esters is 1. The molecule has 7 nitrogen and oxygen atoms in total. The molecule has 192 valence electrons. The third-order valence-electron chi connectivity index (χ3n) is 11.4. The van der Waals surface area contributed by atoms with Crippen molar-refractivity contribution in [2.24, 2.45) is 22.7 Å². The van der Waals surface area contributed by atoms with E-state index in [1.54, 1.807) is 6.07 Å². The molecular weight excluding hydrogens is 458 g/mol. The Balaban J connectivity index is 1.52. The number of piperidine rings is 1. The molecule has 4 bridgehead atoms. The molecule has 6 aliphatic rings. The van der Waals surface area contributed by atoms with Crippen LogP contribution < -0.4 is 0 Å². The summed E-state index contributed by atoms with van der Waals surface area (Å²) in [6.07, 6.45) is 4.04. The second-order valence-corrected chi connectivity index (χ2v) is 13.5. The first kappa shape index (κ1) is 22.9. The molecule has 4 saturated heterocycles. The van der Waals surface area contributed by atoms with Gasteiger partial charge in [-0.1, -0.05) is 33.8 Å². The van der Waals surface area contributed by atoms with Gasteiger partial charge < -0.3 is 14.6 Å². The summed E-state index contributed by atoms with van der Waals surface area (Å²) in [6, 6.07) is 3.50. The quantitative estimate of drug-likeness (QED) is 0.431. The molecular formula is C29H35NO6. The number of nitrogens with zero attached hydrogens (tertiary/aromatic N) is 1. The molecule has 8 atom stereocenters. The van der Waals surface area contributed by atoms with E-state index in [0.717, 1.165) is 31.2 Å². The molecule has 1 saturated carbocycles. The molecule has 1 aromatic carbocycles. The van der Waals surface area contributed by atoms with Gasteiger partial charge in [-0.15, -0.1) is 0 Å². The zero-order chi connectivity index (χ0) is 25.6. The maximum absolute atomic E-state index is 14.0. The molecule has 0 radical (unpaired) electrons. The van der Waals surface area contributed by atoms with Crippen molar-refractivity contribution in [2.75, 3.05) is 6.54 Å². The Morgan fingerprint density at radius 3 is 2.61 bits per heavy atom. The molecule has 4 heterocycles. The minimum absolute atomic E-state index is 0.0935. The number of benzene rings is 1. The predicted octanol–water partition coefficient (Wildman–Crippen LogP) is 4.02. The van der Waals surface area contributed by atoms with E-state index in [-0.39, 0.29) is 29.8 Å². The lowest BCUT2D eigenvalue weighted by Crippen LogP contribution is -2.82. The number of fused-ring (bicyclic) bond motifs is 5. The fourth-order valence-electron chi connectivity index (χ4n) is 10.1. The van der Waals surface area contributed by atoms with Gasteiger partial charge in [-0.3, -0.25) is 14.4 Å². The fourth-order valence-corrected chi connectivity index (χ4v) is 10.1. The van der Waals surface area contributed by atoms with Crippen molar-refractivity contribution < 1.29 is 29.0 Å². The van der Waals surface area contributed by atoms with Crippen LogP contribution in [0.2, 0.25) is 0 Å². The Kier molecular flexibility index (Phi) is 4.08. The standard InChI is InChI=1S/C29H35NO6/c1-15-9-18-21(19(31)10-15)22(33)23(34)24-25(18,3)14-29-27(5,26(24,4)12-20(32)36-29)6-7-28-11-16(2)8-17(35-28)13-30(28)29/h9-10,16-17,24,31H,6-8,11-14H2,1-5H3/t16-,17+,24-,25-,26-,27-,28-,29+/m0/s1. The average Bonchev–Trinajstić information content (AvgIpc) is 3.04. The van der Waals surface area contributed by atoms with Gasteiger partial charge in [0, 0.05) is 29.7 Å². The summed E-state index contributed by atoms with van der Waals surface area (Å²) in [5, 5.41) is 10.8. The molecule has 1 N–H and O–H groups in total. The molecule has 2 aliphatic carbocycles. The van der Waals surface area contributed by atoms with E-state index in [1.807, 2.05) is 26.8 Å². The van der Waals surface area contributed by atoms with Gasteiger partial charge in [0.1, 0.15) is 11.5 Å². The second-order valence-electron chi connectivity index (χ2n) is 13.5. The first-order valence-electron chi connectivity index (χ1n) is 13.4. The van der Waals surface area contributed by atoms with Crippen LogP contribution in [0.3, 0.4) is 0 Å². The van der Waals surface area contributed by atoms with Crippen LogP contribution in [-0.4, -0.2) is 51.6 Å². The minimum atomic E-state index is -0.962. The first-order chi connectivity index (χ1) is 16.8. The zero-order valence-electron chi connectivity index (χ0n) is 21.8. The summed E-state index contributed by atoms with van der Waals surface area (Å²) in [5.41, 5.74) is -1.90. The number of carbonyl (C=O) groups excluding carboxylic acids is 3. The normalized spacial score (nSPS) is 49.0. The van der Waals surface area contributed by atoms with E-state index in [0.29, 0.717) is 24.4 Å². The third kappa shape index (κ3) is 2.28. The largest absolute Gasteiger partial charge is 0.507 e. The van der Waals surface area contributed by atoms with E-state index < -0.39 is 45.2 Å². The maximum Gasteiger partial charge on any atom is 0.308 e. The first-order valence-corrected chi connectivity index (χ1v) is 13.4. The van der Waals surface area contributed by atoms with Crippen LogP contribution in [0.25, 0.3) is 0 Å². The van der Waals surface area contributed by atoms with Crippen LogP contribution in [0.1, 0.15) is 87.7 Å². The predicted molar refractivity (Wildman–Crippen MR) is 129 cm³/mol. The lowest BCUT2D eigenvalue weighted by Gasteiger charge is -2.75. The number of aromatic hydroxyl groups is 1. The lowest BCUT2D eigenvalue weighted by atomic mass is 9.36. The fraction of sp³-hybridized carbons (Fsp3) is 0.690. The maximum atomic E-state index is 14.0. The van der Waals surface area contributed by atoms with Crippen LogP contribution >= 0.6 is 0 Å². The number of Topliss-reactive ketones (excluding diaryl/α,β-unsaturated/α-hetero) is 2. The van der Waals surface area contributed by atoms with Crippen molar-refractivity contribution >= 4 is 17.5 Å². The van der Waals surface area contributed by atoms with Crippen molar-refractivity contribution in [1.82, 2.24) is 4.90 Å². The summed E-state index contributed by atoms with van der Waals surface area (Å²) >= 11 is 0. The van der Waals surface area contributed by atoms with Gasteiger partial charge in [-0.05, 0) is 61.1 Å². The highest BCUT2D eigenvalue weighted by Gasteiger charge is 2.82. The van der Waals surface area contributed by atoms with Gasteiger partial charge in [0.15, 0.2) is 5.72 Å². The summed E-state index contributed by atoms with van der Waals surface area (Å²) in [6.45, 7) is 11.1. The van der Waals surface area contributed by atoms with Crippen LogP contribution in [0, 0.1) is 29.6 Å². The Hall–Kier alpha value is -2.25. The van der Waals surface area contributed by atoms with Gasteiger partial charge >= 0.3 is 5.97 Å². The van der Waals surface area contributed by atoms with Crippen molar-refractivity contribution in [1.29, 1.82) is 0 Å². The Morgan fingerprint density at radius 2 is 1.86 bits per heavy atom.